The van der Waals surface area contributed by atoms with E-state index in [1.54, 1.807) is 0 Å². The van der Waals surface area contributed by atoms with E-state index in [1.807, 2.05) is 12.3 Å². The summed E-state index contributed by atoms with van der Waals surface area (Å²) in [5.41, 5.74) is 2.39. The standard InChI is InChI=1S/C25H37N3O/c1-7-11-18(5)28(6)23(10-4)19(9-3)15-22-16-24(26-17-21(22)12-8-2)27-25(29)20-13-14-20/h9-10,12,15-18,20H,7-8,11,13-14H2,1-6H3,(H,27,29)/b19-9+,21-12+,22-15-,23-10-. The van der Waals surface area contributed by atoms with E-state index in [1.165, 1.54) is 17.7 Å². The molecule has 1 fully saturated rings. The lowest BCUT2D eigenvalue weighted by Gasteiger charge is -2.30. The fraction of sp³-hybridized carbons (Fsp3) is 0.520. The second-order valence-electron chi connectivity index (χ2n) is 7.89. The smallest absolute Gasteiger partial charge is 0.228 e. The SMILES string of the molecule is C/C=C(C(/C=c1/cc(NC(=O)C2CC2)nc/c1=C\CC)=C/C)\N(C)C(C)CCC. The van der Waals surface area contributed by atoms with Crippen LogP contribution < -0.4 is 15.8 Å². The number of amides is 1. The van der Waals surface area contributed by atoms with Crippen molar-refractivity contribution in [2.75, 3.05) is 12.4 Å². The van der Waals surface area contributed by atoms with E-state index in [0.717, 1.165) is 36.1 Å². The quantitative estimate of drug-likeness (QED) is 0.632. The van der Waals surface area contributed by atoms with E-state index < -0.39 is 0 Å². The number of likely N-dealkylation sites (N-methyl/N-ethyl adjacent to an activating group) is 1. The topological polar surface area (TPSA) is 45.2 Å². The maximum Gasteiger partial charge on any atom is 0.228 e. The number of carbonyl (C=O) groups is 1. The average molecular weight is 396 g/mol. The van der Waals surface area contributed by atoms with Gasteiger partial charge in [-0.1, -0.05) is 38.5 Å². The zero-order valence-electron chi connectivity index (χ0n) is 19.0. The molecule has 0 bridgehead atoms. The Hall–Kier alpha value is -2.36. The molecule has 1 atom stereocenters. The molecule has 4 nitrogen and oxygen atoms in total. The van der Waals surface area contributed by atoms with Gasteiger partial charge >= 0.3 is 0 Å². The molecule has 0 spiro atoms. The van der Waals surface area contributed by atoms with Crippen LogP contribution in [0.25, 0.3) is 12.2 Å². The summed E-state index contributed by atoms with van der Waals surface area (Å²) in [6.07, 6.45) is 15.8. The molecule has 158 valence electrons. The van der Waals surface area contributed by atoms with Gasteiger partial charge in [0, 0.05) is 30.9 Å². The number of carbonyl (C=O) groups excluding carboxylic acids is 1. The Balaban J connectivity index is 2.44. The van der Waals surface area contributed by atoms with Gasteiger partial charge in [0.15, 0.2) is 0 Å². The van der Waals surface area contributed by atoms with Gasteiger partial charge in [-0.2, -0.15) is 0 Å². The first-order valence-electron chi connectivity index (χ1n) is 11.0. The number of pyridine rings is 1. The fourth-order valence-electron chi connectivity index (χ4n) is 3.53. The summed E-state index contributed by atoms with van der Waals surface area (Å²) >= 11 is 0. The number of allylic oxidation sites excluding steroid dienone is 3. The number of nitrogens with one attached hydrogen (secondary N) is 1. The molecule has 1 aliphatic rings. The van der Waals surface area contributed by atoms with Crippen LogP contribution in [0.15, 0.2) is 35.7 Å². The lowest BCUT2D eigenvalue weighted by Crippen LogP contribution is -2.31. The van der Waals surface area contributed by atoms with Crippen molar-refractivity contribution in [1.82, 2.24) is 9.88 Å². The van der Waals surface area contributed by atoms with Crippen LogP contribution in [0.2, 0.25) is 0 Å². The molecule has 0 aliphatic heterocycles. The van der Waals surface area contributed by atoms with Gasteiger partial charge < -0.3 is 10.2 Å². The molecule has 1 N–H and O–H groups in total. The highest BCUT2D eigenvalue weighted by Crippen LogP contribution is 2.29. The summed E-state index contributed by atoms with van der Waals surface area (Å²) in [5, 5.41) is 5.15. The largest absolute Gasteiger partial charge is 0.372 e. The summed E-state index contributed by atoms with van der Waals surface area (Å²) in [5.74, 6) is 0.885. The second-order valence-corrected chi connectivity index (χ2v) is 7.89. The van der Waals surface area contributed by atoms with Gasteiger partial charge in [0.05, 0.1) is 0 Å². The highest BCUT2D eigenvalue weighted by molar-refractivity contribution is 5.93. The van der Waals surface area contributed by atoms with E-state index in [2.05, 4.69) is 81.2 Å². The lowest BCUT2D eigenvalue weighted by atomic mass is 10.1. The summed E-state index contributed by atoms with van der Waals surface area (Å²) < 4.78 is 0. The molecular weight excluding hydrogens is 358 g/mol. The molecular formula is C25H37N3O. The monoisotopic (exact) mass is 395 g/mol. The normalized spacial score (nSPS) is 17.4. The predicted octanol–water partition coefficient (Wildman–Crippen LogP) is 4.37. The van der Waals surface area contributed by atoms with Crippen LogP contribution in [0, 0.1) is 5.92 Å². The maximum absolute atomic E-state index is 12.2. The zero-order valence-corrected chi connectivity index (χ0v) is 19.0. The molecule has 1 unspecified atom stereocenters. The first-order chi connectivity index (χ1) is 13.9. The minimum absolute atomic E-state index is 0.0872. The molecule has 1 saturated carbocycles. The van der Waals surface area contributed by atoms with Crippen molar-refractivity contribution in [1.29, 1.82) is 0 Å². The Bertz CT molecular complexity index is 878. The number of anilines is 1. The number of hydrogen-bond donors (Lipinski definition) is 1. The van der Waals surface area contributed by atoms with E-state index in [9.17, 15) is 4.79 Å². The van der Waals surface area contributed by atoms with E-state index in [0.29, 0.717) is 11.9 Å². The van der Waals surface area contributed by atoms with Gasteiger partial charge in [0.1, 0.15) is 5.82 Å². The van der Waals surface area contributed by atoms with Gasteiger partial charge in [0.25, 0.3) is 0 Å². The van der Waals surface area contributed by atoms with E-state index >= 15 is 0 Å². The third-order valence-corrected chi connectivity index (χ3v) is 5.53. The Morgan fingerprint density at radius 1 is 1.28 bits per heavy atom. The van der Waals surface area contributed by atoms with Crippen molar-refractivity contribution in [3.63, 3.8) is 0 Å². The van der Waals surface area contributed by atoms with Crippen LogP contribution in [0.1, 0.15) is 66.7 Å². The van der Waals surface area contributed by atoms with Crippen LogP contribution in [-0.4, -0.2) is 28.9 Å². The van der Waals surface area contributed by atoms with Crippen molar-refractivity contribution in [3.8, 4) is 0 Å². The summed E-state index contributed by atoms with van der Waals surface area (Å²) in [6, 6.07) is 2.47. The number of hydrogen-bond acceptors (Lipinski definition) is 3. The van der Waals surface area contributed by atoms with Crippen molar-refractivity contribution in [3.05, 3.63) is 46.1 Å². The van der Waals surface area contributed by atoms with Crippen molar-refractivity contribution in [2.24, 2.45) is 5.92 Å². The van der Waals surface area contributed by atoms with Crippen LogP contribution >= 0.6 is 0 Å². The third kappa shape index (κ3) is 6.31. The molecule has 1 heterocycles. The van der Waals surface area contributed by atoms with Crippen molar-refractivity contribution >= 4 is 23.9 Å². The highest BCUT2D eigenvalue weighted by Gasteiger charge is 2.29. The van der Waals surface area contributed by atoms with Gasteiger partial charge in [-0.25, -0.2) is 4.98 Å². The molecule has 1 aromatic rings. The predicted molar refractivity (Wildman–Crippen MR) is 124 cm³/mol. The van der Waals surface area contributed by atoms with Crippen molar-refractivity contribution < 1.29 is 4.79 Å². The number of nitrogens with zero attached hydrogens (tertiary/aromatic N) is 2. The molecule has 0 radical (unpaired) electrons. The van der Waals surface area contributed by atoms with Gasteiger partial charge in [-0.3, -0.25) is 4.79 Å². The summed E-state index contributed by atoms with van der Waals surface area (Å²) in [7, 11) is 2.17. The molecule has 1 aliphatic carbocycles. The van der Waals surface area contributed by atoms with Gasteiger partial charge in [-0.05, 0) is 74.6 Å². The van der Waals surface area contributed by atoms with Crippen LogP contribution in [-0.2, 0) is 4.79 Å². The zero-order chi connectivity index (χ0) is 21.4. The molecule has 1 aromatic heterocycles. The maximum atomic E-state index is 12.2. The Labute approximate surface area is 176 Å². The molecule has 1 amide bonds. The van der Waals surface area contributed by atoms with E-state index in [-0.39, 0.29) is 11.8 Å². The molecule has 4 heteroatoms. The third-order valence-electron chi connectivity index (χ3n) is 5.53. The van der Waals surface area contributed by atoms with Crippen molar-refractivity contribution in [2.45, 2.75) is 72.8 Å². The van der Waals surface area contributed by atoms with Crippen LogP contribution in [0.3, 0.4) is 0 Å². The van der Waals surface area contributed by atoms with Crippen LogP contribution in [0.4, 0.5) is 5.82 Å². The minimum atomic E-state index is 0.0872. The first kappa shape index (κ1) is 22.9. The number of aromatic nitrogens is 1. The van der Waals surface area contributed by atoms with Crippen LogP contribution in [0.5, 0.6) is 0 Å². The molecule has 2 rings (SSSR count). The Morgan fingerprint density at radius 2 is 2.00 bits per heavy atom. The van der Waals surface area contributed by atoms with Gasteiger partial charge in [0.2, 0.25) is 5.91 Å². The Kier molecular flexibility index (Phi) is 8.69. The van der Waals surface area contributed by atoms with Gasteiger partial charge in [-0.15, -0.1) is 0 Å². The minimum Gasteiger partial charge on any atom is -0.372 e. The number of rotatable bonds is 9. The first-order valence-corrected chi connectivity index (χ1v) is 11.0. The summed E-state index contributed by atoms with van der Waals surface area (Å²) in [6.45, 7) is 10.8. The average Bonchev–Trinajstić information content (AvgIpc) is 3.55. The molecule has 0 aromatic carbocycles. The summed E-state index contributed by atoms with van der Waals surface area (Å²) in [4.78, 5) is 19.0. The highest BCUT2D eigenvalue weighted by atomic mass is 16.2. The Morgan fingerprint density at radius 3 is 2.55 bits per heavy atom. The second kappa shape index (κ2) is 11.0. The fourth-order valence-corrected chi connectivity index (χ4v) is 3.53. The van der Waals surface area contributed by atoms with E-state index in [4.69, 9.17) is 0 Å². The lowest BCUT2D eigenvalue weighted by molar-refractivity contribution is -0.117. The molecule has 0 saturated heterocycles. The molecule has 29 heavy (non-hydrogen) atoms.